The maximum absolute atomic E-state index is 4.18. The van der Waals surface area contributed by atoms with E-state index in [0.29, 0.717) is 0 Å². The molecule has 0 unspecified atom stereocenters. The Bertz CT molecular complexity index is 397. The number of rotatable bonds is 1. The van der Waals surface area contributed by atoms with E-state index < -0.39 is 0 Å². The highest BCUT2D eigenvalue weighted by Gasteiger charge is 1.86. The zero-order valence-electron chi connectivity index (χ0n) is 7.21. The molecule has 0 aromatic carbocycles. The van der Waals surface area contributed by atoms with Gasteiger partial charge in [0, 0.05) is 7.05 Å². The molecule has 3 heteroatoms. The summed E-state index contributed by atoms with van der Waals surface area (Å²) in [5, 5.41) is 1.89. The van der Waals surface area contributed by atoms with Crippen molar-refractivity contribution in [3.8, 4) is 0 Å². The van der Waals surface area contributed by atoms with Crippen LogP contribution in [0.5, 0.6) is 0 Å². The van der Waals surface area contributed by atoms with Gasteiger partial charge in [-0.05, 0) is 39.2 Å². The van der Waals surface area contributed by atoms with Gasteiger partial charge in [-0.15, -0.1) is 0 Å². The van der Waals surface area contributed by atoms with E-state index in [-0.39, 0.29) is 0 Å². The van der Waals surface area contributed by atoms with Crippen molar-refractivity contribution >= 4 is 35.2 Å². The molecule has 0 atom stereocenters. The van der Waals surface area contributed by atoms with Gasteiger partial charge in [-0.25, -0.2) is 4.98 Å². The molecule has 1 aromatic rings. The molecule has 0 aliphatic heterocycles. The van der Waals surface area contributed by atoms with Gasteiger partial charge in [-0.2, -0.15) is 0 Å². The van der Waals surface area contributed by atoms with Gasteiger partial charge < -0.3 is 4.57 Å². The maximum Gasteiger partial charge on any atom is 0.0955 e. The molecular formula is C9H11IN2. The molecule has 0 amide bonds. The monoisotopic (exact) mass is 274 g/mol. The molecule has 0 saturated carbocycles. The zero-order chi connectivity index (χ0) is 9.14. The third-order valence-corrected chi connectivity index (χ3v) is 1.92. The second-order valence-corrected chi connectivity index (χ2v) is 4.31. The van der Waals surface area contributed by atoms with E-state index >= 15 is 0 Å². The van der Waals surface area contributed by atoms with E-state index in [9.17, 15) is 0 Å². The van der Waals surface area contributed by atoms with Crippen LogP contribution in [-0.2, 0) is 7.05 Å². The van der Waals surface area contributed by atoms with Crippen molar-refractivity contribution in [1.82, 2.24) is 9.55 Å². The average molecular weight is 274 g/mol. The summed E-state index contributed by atoms with van der Waals surface area (Å²) in [5.41, 5.74) is 0. The summed E-state index contributed by atoms with van der Waals surface area (Å²) < 4.78 is 3.14. The van der Waals surface area contributed by atoms with E-state index in [1.54, 1.807) is 6.33 Å². The van der Waals surface area contributed by atoms with Gasteiger partial charge in [0.1, 0.15) is 0 Å². The second-order valence-electron chi connectivity index (χ2n) is 2.61. The first-order chi connectivity index (χ1) is 5.61. The number of imidazole rings is 1. The smallest absolute Gasteiger partial charge is 0.0955 e. The number of hydrogen-bond donors (Lipinski definition) is 0. The number of hydrogen-bond acceptors (Lipinski definition) is 1. The summed E-state index contributed by atoms with van der Waals surface area (Å²) in [7, 11) is 1.94. The van der Waals surface area contributed by atoms with Crippen molar-refractivity contribution in [2.45, 2.75) is 6.92 Å². The van der Waals surface area contributed by atoms with Crippen LogP contribution in [0.15, 0.2) is 16.0 Å². The van der Waals surface area contributed by atoms with Crippen LogP contribution in [-0.4, -0.2) is 9.55 Å². The van der Waals surface area contributed by atoms with Gasteiger partial charge in [0.05, 0.1) is 17.0 Å². The number of aryl methyl sites for hydroxylation is 1. The lowest BCUT2D eigenvalue weighted by Gasteiger charge is -1.83. The summed E-state index contributed by atoms with van der Waals surface area (Å²) in [4.78, 5) is 4.18. The quantitative estimate of drug-likeness (QED) is 0.697. The van der Waals surface area contributed by atoms with Gasteiger partial charge in [0.15, 0.2) is 0 Å². The fraction of sp³-hybridized carbons (Fsp3) is 0.222. The Balaban J connectivity index is 3.21. The van der Waals surface area contributed by atoms with E-state index in [1.807, 2.05) is 30.7 Å². The predicted molar refractivity (Wildman–Crippen MR) is 60.2 cm³/mol. The van der Waals surface area contributed by atoms with E-state index in [0.717, 1.165) is 10.7 Å². The van der Waals surface area contributed by atoms with Gasteiger partial charge >= 0.3 is 0 Å². The minimum Gasteiger partial charge on any atom is -0.334 e. The second kappa shape index (κ2) is 3.89. The summed E-state index contributed by atoms with van der Waals surface area (Å²) in [5.74, 6) is 0. The van der Waals surface area contributed by atoms with Crippen molar-refractivity contribution in [3.63, 3.8) is 0 Å². The topological polar surface area (TPSA) is 17.8 Å². The van der Waals surface area contributed by atoms with E-state index in [1.165, 1.54) is 3.58 Å². The van der Waals surface area contributed by atoms with Crippen molar-refractivity contribution in [2.24, 2.45) is 7.05 Å². The standard InChI is InChI=1S/C9H11IN2/c1-7(10)4-5-9-8(2)12(3)6-11-9/h4-6H,2H2,1,3H3/b7-4+,9-5+. The number of aromatic nitrogens is 2. The van der Waals surface area contributed by atoms with Gasteiger partial charge in [0.2, 0.25) is 0 Å². The van der Waals surface area contributed by atoms with Gasteiger partial charge in [0.25, 0.3) is 0 Å². The molecule has 0 bridgehead atoms. The molecule has 2 nitrogen and oxygen atoms in total. The highest BCUT2D eigenvalue weighted by molar-refractivity contribution is 14.1. The molecule has 1 rings (SSSR count). The molecule has 64 valence electrons. The lowest BCUT2D eigenvalue weighted by atomic mass is 10.4. The molecule has 0 aliphatic carbocycles. The van der Waals surface area contributed by atoms with Crippen LogP contribution in [0, 0.1) is 0 Å². The maximum atomic E-state index is 4.18. The fourth-order valence-electron chi connectivity index (χ4n) is 0.807. The first-order valence-corrected chi connectivity index (χ1v) is 4.69. The molecule has 0 aliphatic rings. The highest BCUT2D eigenvalue weighted by atomic mass is 127. The number of nitrogens with zero attached hydrogens (tertiary/aromatic N) is 2. The Morgan fingerprint density at radius 2 is 2.42 bits per heavy atom. The first-order valence-electron chi connectivity index (χ1n) is 3.61. The van der Waals surface area contributed by atoms with Crippen LogP contribution >= 0.6 is 22.6 Å². The minimum atomic E-state index is 0.938. The van der Waals surface area contributed by atoms with Gasteiger partial charge in [-0.1, -0.05) is 12.7 Å². The Kier molecular flexibility index (Phi) is 3.08. The number of allylic oxidation sites excluding steroid dienone is 2. The van der Waals surface area contributed by atoms with Gasteiger partial charge in [-0.3, -0.25) is 0 Å². The Morgan fingerprint density at radius 3 is 2.83 bits per heavy atom. The summed E-state index contributed by atoms with van der Waals surface area (Å²) >= 11 is 2.26. The Labute approximate surface area is 85.5 Å². The summed E-state index contributed by atoms with van der Waals surface area (Å²) in [6, 6.07) is 0. The fourth-order valence-corrected chi connectivity index (χ4v) is 0.986. The first kappa shape index (κ1) is 9.51. The van der Waals surface area contributed by atoms with Crippen molar-refractivity contribution < 1.29 is 0 Å². The van der Waals surface area contributed by atoms with Crippen LogP contribution in [0.25, 0.3) is 12.7 Å². The molecule has 1 aromatic heterocycles. The van der Waals surface area contributed by atoms with Crippen LogP contribution < -0.4 is 10.7 Å². The third-order valence-electron chi connectivity index (χ3n) is 1.56. The van der Waals surface area contributed by atoms with E-state index in [2.05, 4.69) is 34.2 Å². The SMILES string of the molecule is C=c1/c(=C\C=C(/C)I)ncn1C. The van der Waals surface area contributed by atoms with Crippen molar-refractivity contribution in [2.75, 3.05) is 0 Å². The molecule has 12 heavy (non-hydrogen) atoms. The molecule has 0 radical (unpaired) electrons. The van der Waals surface area contributed by atoms with Crippen molar-refractivity contribution in [3.05, 3.63) is 26.7 Å². The normalized spacial score (nSPS) is 13.9. The zero-order valence-corrected chi connectivity index (χ0v) is 9.37. The average Bonchev–Trinajstić information content (AvgIpc) is 2.30. The van der Waals surface area contributed by atoms with Crippen molar-refractivity contribution in [1.29, 1.82) is 0 Å². The lowest BCUT2D eigenvalue weighted by molar-refractivity contribution is 0.883. The predicted octanol–water partition coefficient (Wildman–Crippen LogP) is 0.950. The molecule has 0 fully saturated rings. The molecule has 0 spiro atoms. The van der Waals surface area contributed by atoms with Crippen LogP contribution in [0.2, 0.25) is 0 Å². The largest absolute Gasteiger partial charge is 0.334 e. The molecule has 0 saturated heterocycles. The highest BCUT2D eigenvalue weighted by Crippen LogP contribution is 2.01. The molecule has 0 N–H and O–H groups in total. The molecule has 1 heterocycles. The summed E-state index contributed by atoms with van der Waals surface area (Å²) in [6.45, 7) is 5.94. The molecular weight excluding hydrogens is 263 g/mol. The van der Waals surface area contributed by atoms with Crippen LogP contribution in [0.4, 0.5) is 0 Å². The number of halogens is 1. The van der Waals surface area contributed by atoms with Crippen LogP contribution in [0.3, 0.4) is 0 Å². The minimum absolute atomic E-state index is 0.938. The van der Waals surface area contributed by atoms with Crippen LogP contribution in [0.1, 0.15) is 6.92 Å². The third kappa shape index (κ3) is 2.20. The summed E-state index contributed by atoms with van der Waals surface area (Å²) in [6.07, 6.45) is 5.77. The Hall–Kier alpha value is -0.580. The Morgan fingerprint density at radius 1 is 1.75 bits per heavy atom. The van der Waals surface area contributed by atoms with E-state index in [4.69, 9.17) is 0 Å². The lowest BCUT2D eigenvalue weighted by Crippen LogP contribution is -2.26.